The molecule has 1 atom stereocenters. The van der Waals surface area contributed by atoms with E-state index in [0.29, 0.717) is 24.6 Å². The number of hydrogen-bond donors (Lipinski definition) is 1. The number of benzene rings is 4. The number of anilines is 1. The number of rotatable bonds is 16. The molecule has 8 nitrogen and oxygen atoms in total. The van der Waals surface area contributed by atoms with Crippen LogP contribution in [0.15, 0.2) is 112 Å². The predicted molar refractivity (Wildman–Crippen MR) is 190 cm³/mol. The number of unbranched alkanes of at least 4 members (excludes halogenated alkanes) is 1. The van der Waals surface area contributed by atoms with E-state index in [4.69, 9.17) is 4.74 Å². The van der Waals surface area contributed by atoms with Gasteiger partial charge in [0.05, 0.1) is 17.2 Å². The van der Waals surface area contributed by atoms with Crippen LogP contribution in [-0.2, 0) is 32.6 Å². The lowest BCUT2D eigenvalue weighted by molar-refractivity contribution is -0.140. The Kier molecular flexibility index (Phi) is 13.0. The molecule has 10 heteroatoms. The molecule has 0 aliphatic rings. The molecular formula is C37H42BrN3O5S. The summed E-state index contributed by atoms with van der Waals surface area (Å²) in [7, 11) is -4.20. The molecule has 0 radical (unpaired) electrons. The number of sulfonamides is 1. The zero-order valence-electron chi connectivity index (χ0n) is 27.1. The summed E-state index contributed by atoms with van der Waals surface area (Å²) in [5, 5.41) is 3.02. The number of nitrogens with one attached hydrogen (secondary N) is 1. The van der Waals surface area contributed by atoms with E-state index in [1.165, 1.54) is 17.0 Å². The molecule has 4 aromatic rings. The molecule has 0 saturated carbocycles. The summed E-state index contributed by atoms with van der Waals surface area (Å²) in [4.78, 5) is 30.0. The van der Waals surface area contributed by atoms with Crippen molar-refractivity contribution in [1.29, 1.82) is 0 Å². The maximum Gasteiger partial charge on any atom is 0.264 e. The van der Waals surface area contributed by atoms with Crippen molar-refractivity contribution in [3.05, 3.63) is 124 Å². The maximum absolute atomic E-state index is 14.6. The van der Waals surface area contributed by atoms with Crippen molar-refractivity contribution in [3.63, 3.8) is 0 Å². The molecule has 248 valence electrons. The molecule has 0 unspecified atom stereocenters. The van der Waals surface area contributed by atoms with Gasteiger partial charge in [-0.1, -0.05) is 89.4 Å². The Morgan fingerprint density at radius 2 is 1.55 bits per heavy atom. The summed E-state index contributed by atoms with van der Waals surface area (Å²) in [6.45, 7) is 6.40. The summed E-state index contributed by atoms with van der Waals surface area (Å²) in [5.74, 6) is -0.212. The average Bonchev–Trinajstić information content (AvgIpc) is 3.06. The quantitative estimate of drug-likeness (QED) is 0.127. The molecule has 0 bridgehead atoms. The van der Waals surface area contributed by atoms with Gasteiger partial charge in [0, 0.05) is 24.0 Å². The zero-order valence-corrected chi connectivity index (χ0v) is 29.5. The third-order valence-corrected chi connectivity index (χ3v) is 9.97. The highest BCUT2D eigenvalue weighted by Crippen LogP contribution is 2.28. The molecular weight excluding hydrogens is 678 g/mol. The molecule has 0 saturated heterocycles. The minimum atomic E-state index is -4.20. The van der Waals surface area contributed by atoms with Crippen molar-refractivity contribution >= 4 is 43.5 Å². The van der Waals surface area contributed by atoms with Crippen molar-refractivity contribution in [1.82, 2.24) is 10.2 Å². The Labute approximate surface area is 286 Å². The van der Waals surface area contributed by atoms with Crippen LogP contribution in [0.2, 0.25) is 0 Å². The van der Waals surface area contributed by atoms with Crippen molar-refractivity contribution in [2.24, 2.45) is 0 Å². The Bertz CT molecular complexity index is 1720. The molecule has 47 heavy (non-hydrogen) atoms. The van der Waals surface area contributed by atoms with Gasteiger partial charge in [-0.15, -0.1) is 0 Å². The first-order chi connectivity index (χ1) is 22.6. The monoisotopic (exact) mass is 719 g/mol. The number of carbonyl (C=O) groups is 2. The molecule has 0 spiro atoms. The Hall–Kier alpha value is -4.15. The van der Waals surface area contributed by atoms with Gasteiger partial charge >= 0.3 is 0 Å². The second-order valence-corrected chi connectivity index (χ2v) is 14.0. The van der Waals surface area contributed by atoms with E-state index in [-0.39, 0.29) is 23.8 Å². The molecule has 1 N–H and O–H groups in total. The summed E-state index contributed by atoms with van der Waals surface area (Å²) in [5.41, 5.74) is 3.03. The summed E-state index contributed by atoms with van der Waals surface area (Å²) in [6, 6.07) is 29.3. The van der Waals surface area contributed by atoms with E-state index < -0.39 is 28.5 Å². The third-order valence-electron chi connectivity index (χ3n) is 7.65. The molecule has 0 heterocycles. The number of hydrogen-bond acceptors (Lipinski definition) is 5. The van der Waals surface area contributed by atoms with Gasteiger partial charge < -0.3 is 15.0 Å². The summed E-state index contributed by atoms with van der Waals surface area (Å²) >= 11 is 3.37. The largest absolute Gasteiger partial charge is 0.494 e. The Morgan fingerprint density at radius 3 is 2.19 bits per heavy atom. The van der Waals surface area contributed by atoms with Crippen LogP contribution in [-0.4, -0.2) is 50.9 Å². The van der Waals surface area contributed by atoms with Crippen LogP contribution >= 0.6 is 15.9 Å². The Morgan fingerprint density at radius 1 is 0.872 bits per heavy atom. The topological polar surface area (TPSA) is 96.0 Å². The second-order valence-electron chi connectivity index (χ2n) is 11.3. The second kappa shape index (κ2) is 17.1. The number of carbonyl (C=O) groups excluding carboxylic acids is 2. The van der Waals surface area contributed by atoms with Crippen molar-refractivity contribution in [3.8, 4) is 5.75 Å². The summed E-state index contributed by atoms with van der Waals surface area (Å²) < 4.78 is 35.8. The normalized spacial score (nSPS) is 11.8. The first kappa shape index (κ1) is 35.7. The van der Waals surface area contributed by atoms with Crippen molar-refractivity contribution in [2.75, 3.05) is 24.0 Å². The highest BCUT2D eigenvalue weighted by Gasteiger charge is 2.34. The van der Waals surface area contributed by atoms with Gasteiger partial charge in [0.25, 0.3) is 10.0 Å². The average molecular weight is 721 g/mol. The number of aryl methyl sites for hydroxylation is 1. The number of ether oxygens (including phenoxy) is 1. The van der Waals surface area contributed by atoms with Crippen LogP contribution in [0.1, 0.15) is 43.4 Å². The lowest BCUT2D eigenvalue weighted by atomic mass is 10.0. The van der Waals surface area contributed by atoms with E-state index in [2.05, 4.69) is 21.2 Å². The fraction of sp³-hybridized carbons (Fsp3) is 0.297. The van der Waals surface area contributed by atoms with Crippen LogP contribution < -0.4 is 14.4 Å². The zero-order chi connectivity index (χ0) is 33.8. The van der Waals surface area contributed by atoms with Crippen molar-refractivity contribution in [2.45, 2.75) is 57.5 Å². The number of amides is 2. The summed E-state index contributed by atoms with van der Waals surface area (Å²) in [6.07, 6.45) is 1.96. The predicted octanol–water partition coefficient (Wildman–Crippen LogP) is 6.91. The lowest BCUT2D eigenvalue weighted by Gasteiger charge is -2.34. The standard InChI is InChI=1S/C37H42BrN3O5S/c1-4-6-23-39-37(43)35(25-29-12-8-7-9-13-29)40(26-30-14-10-11-28(3)24-30)36(42)27-41(32-17-19-33(20-18-32)46-5-2)47(44,45)34-21-15-31(38)16-22-34/h7-22,24,35H,4-6,23,25-27H2,1-3H3,(H,39,43)/t35-/m0/s1. The van der Waals surface area contributed by atoms with E-state index in [9.17, 15) is 18.0 Å². The van der Waals surface area contributed by atoms with Gasteiger partial charge in [-0.25, -0.2) is 8.42 Å². The highest BCUT2D eigenvalue weighted by atomic mass is 79.9. The fourth-order valence-electron chi connectivity index (χ4n) is 5.21. The van der Waals surface area contributed by atoms with E-state index in [1.54, 1.807) is 36.4 Å². The molecule has 0 aromatic heterocycles. The van der Waals surface area contributed by atoms with Gasteiger partial charge in [0.2, 0.25) is 11.8 Å². The highest BCUT2D eigenvalue weighted by molar-refractivity contribution is 9.10. The van der Waals surface area contributed by atoms with Crippen LogP contribution in [0, 0.1) is 6.92 Å². The number of halogens is 1. The molecule has 2 amide bonds. The van der Waals surface area contributed by atoms with Crippen LogP contribution in [0.25, 0.3) is 0 Å². The SMILES string of the molecule is CCCCNC(=O)[C@H](Cc1ccccc1)N(Cc1cccc(C)c1)C(=O)CN(c1ccc(OCC)cc1)S(=O)(=O)c1ccc(Br)cc1. The van der Waals surface area contributed by atoms with Gasteiger partial charge in [0.15, 0.2) is 0 Å². The number of nitrogens with zero attached hydrogens (tertiary/aromatic N) is 2. The maximum atomic E-state index is 14.6. The first-order valence-corrected chi connectivity index (χ1v) is 18.0. The van der Waals surface area contributed by atoms with Crippen LogP contribution in [0.5, 0.6) is 5.75 Å². The van der Waals surface area contributed by atoms with Crippen molar-refractivity contribution < 1.29 is 22.7 Å². The lowest BCUT2D eigenvalue weighted by Crippen LogP contribution is -2.53. The molecule has 0 aliphatic heterocycles. The molecule has 4 aromatic carbocycles. The minimum Gasteiger partial charge on any atom is -0.494 e. The Balaban J connectivity index is 1.79. The first-order valence-electron chi connectivity index (χ1n) is 15.8. The van der Waals surface area contributed by atoms with E-state index >= 15 is 0 Å². The van der Waals surface area contributed by atoms with E-state index in [1.807, 2.05) is 75.4 Å². The van der Waals surface area contributed by atoms with Gasteiger partial charge in [-0.2, -0.15) is 0 Å². The van der Waals surface area contributed by atoms with Gasteiger partial charge in [0.1, 0.15) is 18.3 Å². The van der Waals surface area contributed by atoms with Gasteiger partial charge in [-0.05, 0) is 79.9 Å². The molecule has 0 fully saturated rings. The third kappa shape index (κ3) is 9.92. The minimum absolute atomic E-state index is 0.0331. The van der Waals surface area contributed by atoms with Crippen LogP contribution in [0.3, 0.4) is 0 Å². The fourth-order valence-corrected chi connectivity index (χ4v) is 6.88. The van der Waals surface area contributed by atoms with Crippen LogP contribution in [0.4, 0.5) is 5.69 Å². The smallest absolute Gasteiger partial charge is 0.264 e. The van der Waals surface area contributed by atoms with E-state index in [0.717, 1.165) is 38.3 Å². The van der Waals surface area contributed by atoms with Gasteiger partial charge in [-0.3, -0.25) is 13.9 Å². The molecule has 4 rings (SSSR count). The molecule has 0 aliphatic carbocycles.